The molecular weight excluding hydrogens is 441 g/mol. The van der Waals surface area contributed by atoms with E-state index in [4.69, 9.17) is 16.3 Å². The lowest BCUT2D eigenvalue weighted by Gasteiger charge is -2.12. The number of anilines is 4. The molecule has 0 aliphatic carbocycles. The number of nitrogens with one attached hydrogen (secondary N) is 2. The first kappa shape index (κ1) is 22.0. The lowest BCUT2D eigenvalue weighted by atomic mass is 10.2. The minimum atomic E-state index is -4.63. The highest BCUT2D eigenvalue weighted by molar-refractivity contribution is 6.33. The Morgan fingerprint density at radius 3 is 2.29 bits per heavy atom. The fraction of sp³-hybridized carbons (Fsp3) is 0.167. The fourth-order valence-corrected chi connectivity index (χ4v) is 2.68. The van der Waals surface area contributed by atoms with Gasteiger partial charge in [0.25, 0.3) is 0 Å². The SMILES string of the molecule is CCOc1ccc(Nc2ncnc(Nc3ncc(C(F)(F)F)cc3Cl)c2[N+](=O)[O-])cc1. The van der Waals surface area contributed by atoms with Crippen LogP contribution in [0.5, 0.6) is 5.75 Å². The first-order chi connectivity index (χ1) is 14.7. The summed E-state index contributed by atoms with van der Waals surface area (Å²) in [5.41, 5.74) is -1.12. The summed E-state index contributed by atoms with van der Waals surface area (Å²) in [6.07, 6.45) is -3.03. The van der Waals surface area contributed by atoms with E-state index in [0.29, 0.717) is 30.3 Å². The molecule has 31 heavy (non-hydrogen) atoms. The molecule has 0 aliphatic rings. The van der Waals surface area contributed by atoms with Gasteiger partial charge in [-0.3, -0.25) is 10.1 Å². The number of alkyl halides is 3. The predicted molar refractivity (Wildman–Crippen MR) is 107 cm³/mol. The number of benzene rings is 1. The van der Waals surface area contributed by atoms with Gasteiger partial charge in [-0.15, -0.1) is 0 Å². The van der Waals surface area contributed by atoms with Crippen LogP contribution in [0, 0.1) is 10.1 Å². The Morgan fingerprint density at radius 1 is 1.10 bits per heavy atom. The smallest absolute Gasteiger partial charge is 0.417 e. The predicted octanol–water partition coefficient (Wildman–Crippen LogP) is 5.34. The Kier molecular flexibility index (Phi) is 6.39. The summed E-state index contributed by atoms with van der Waals surface area (Å²) < 4.78 is 43.7. The third kappa shape index (κ3) is 5.28. The van der Waals surface area contributed by atoms with E-state index in [1.807, 2.05) is 6.92 Å². The molecule has 0 amide bonds. The Labute approximate surface area is 178 Å². The monoisotopic (exact) mass is 454 g/mol. The largest absolute Gasteiger partial charge is 0.494 e. The van der Waals surface area contributed by atoms with E-state index >= 15 is 0 Å². The molecular formula is C18H14ClF3N6O3. The molecule has 0 unspecified atom stereocenters. The van der Waals surface area contributed by atoms with Crippen molar-refractivity contribution in [1.82, 2.24) is 15.0 Å². The molecule has 0 aliphatic heterocycles. The molecule has 2 heterocycles. The second kappa shape index (κ2) is 9.00. The number of nitro groups is 1. The summed E-state index contributed by atoms with van der Waals surface area (Å²) in [7, 11) is 0. The van der Waals surface area contributed by atoms with Gasteiger partial charge in [0.1, 0.15) is 12.1 Å². The van der Waals surface area contributed by atoms with Gasteiger partial charge in [-0.1, -0.05) is 11.6 Å². The molecule has 0 spiro atoms. The van der Waals surface area contributed by atoms with Gasteiger partial charge in [-0.05, 0) is 37.3 Å². The average molecular weight is 455 g/mol. The van der Waals surface area contributed by atoms with Crippen molar-refractivity contribution in [2.75, 3.05) is 17.2 Å². The van der Waals surface area contributed by atoms with Crippen molar-refractivity contribution in [1.29, 1.82) is 0 Å². The highest BCUT2D eigenvalue weighted by Crippen LogP contribution is 2.36. The molecule has 1 aromatic carbocycles. The van der Waals surface area contributed by atoms with Crippen LogP contribution in [-0.4, -0.2) is 26.5 Å². The second-order valence-corrected chi connectivity index (χ2v) is 6.34. The maximum absolute atomic E-state index is 12.8. The molecule has 9 nitrogen and oxygen atoms in total. The molecule has 0 saturated heterocycles. The van der Waals surface area contributed by atoms with Gasteiger partial charge in [0, 0.05) is 11.9 Å². The third-order valence-electron chi connectivity index (χ3n) is 3.84. The van der Waals surface area contributed by atoms with Gasteiger partial charge in [0.2, 0.25) is 11.6 Å². The number of rotatable bonds is 7. The Morgan fingerprint density at radius 2 is 1.74 bits per heavy atom. The van der Waals surface area contributed by atoms with Crippen LogP contribution in [0.1, 0.15) is 12.5 Å². The number of ether oxygens (including phenoxy) is 1. The van der Waals surface area contributed by atoms with Gasteiger partial charge >= 0.3 is 11.9 Å². The van der Waals surface area contributed by atoms with Crippen molar-refractivity contribution in [2.24, 2.45) is 0 Å². The van der Waals surface area contributed by atoms with Crippen LogP contribution < -0.4 is 15.4 Å². The average Bonchev–Trinajstić information content (AvgIpc) is 2.70. The molecule has 162 valence electrons. The Balaban J connectivity index is 1.91. The van der Waals surface area contributed by atoms with E-state index < -0.39 is 22.4 Å². The maximum Gasteiger partial charge on any atom is 0.417 e. The number of hydrogen-bond donors (Lipinski definition) is 2. The molecule has 2 N–H and O–H groups in total. The van der Waals surface area contributed by atoms with Gasteiger partial charge in [-0.25, -0.2) is 15.0 Å². The molecule has 0 bridgehead atoms. The fourth-order valence-electron chi connectivity index (χ4n) is 2.47. The van der Waals surface area contributed by atoms with Crippen LogP contribution in [-0.2, 0) is 6.18 Å². The lowest BCUT2D eigenvalue weighted by molar-refractivity contribution is -0.383. The van der Waals surface area contributed by atoms with Crippen molar-refractivity contribution < 1.29 is 22.8 Å². The Bertz CT molecular complexity index is 1100. The highest BCUT2D eigenvalue weighted by Gasteiger charge is 2.32. The van der Waals surface area contributed by atoms with Gasteiger partial charge < -0.3 is 15.4 Å². The summed E-state index contributed by atoms with van der Waals surface area (Å²) >= 11 is 5.86. The molecule has 0 atom stereocenters. The normalized spacial score (nSPS) is 11.1. The third-order valence-corrected chi connectivity index (χ3v) is 4.13. The summed E-state index contributed by atoms with van der Waals surface area (Å²) in [6, 6.07) is 7.27. The lowest BCUT2D eigenvalue weighted by Crippen LogP contribution is -2.08. The maximum atomic E-state index is 12.8. The molecule has 3 aromatic rings. The van der Waals surface area contributed by atoms with E-state index in [0.717, 1.165) is 6.33 Å². The number of hydrogen-bond acceptors (Lipinski definition) is 8. The first-order valence-corrected chi connectivity index (χ1v) is 9.06. The van der Waals surface area contributed by atoms with Crippen molar-refractivity contribution in [2.45, 2.75) is 13.1 Å². The number of aromatic nitrogens is 3. The molecule has 2 aromatic heterocycles. The second-order valence-electron chi connectivity index (χ2n) is 5.94. The van der Waals surface area contributed by atoms with Crippen LogP contribution in [0.3, 0.4) is 0 Å². The quantitative estimate of drug-likeness (QED) is 0.363. The molecule has 3 rings (SSSR count). The molecule has 0 radical (unpaired) electrons. The van der Waals surface area contributed by atoms with Crippen LogP contribution >= 0.6 is 11.6 Å². The number of pyridine rings is 1. The molecule has 13 heteroatoms. The van der Waals surface area contributed by atoms with E-state index in [-0.39, 0.29) is 22.5 Å². The Hall–Kier alpha value is -3.67. The zero-order chi connectivity index (χ0) is 22.6. The summed E-state index contributed by atoms with van der Waals surface area (Å²) in [4.78, 5) is 22.2. The molecule has 0 saturated carbocycles. The summed E-state index contributed by atoms with van der Waals surface area (Å²) in [5.74, 6) is -0.0589. The van der Waals surface area contributed by atoms with Gasteiger partial charge in [-0.2, -0.15) is 13.2 Å². The first-order valence-electron chi connectivity index (χ1n) is 8.68. The van der Waals surface area contributed by atoms with E-state index in [2.05, 4.69) is 25.6 Å². The highest BCUT2D eigenvalue weighted by atomic mass is 35.5. The van der Waals surface area contributed by atoms with E-state index in [9.17, 15) is 23.3 Å². The summed E-state index contributed by atoms with van der Waals surface area (Å²) in [6.45, 7) is 2.32. The van der Waals surface area contributed by atoms with Crippen molar-refractivity contribution in [3.8, 4) is 5.75 Å². The zero-order valence-electron chi connectivity index (χ0n) is 15.8. The van der Waals surface area contributed by atoms with Gasteiger partial charge in [0.15, 0.2) is 5.82 Å². The van der Waals surface area contributed by atoms with Crippen LogP contribution in [0.2, 0.25) is 5.02 Å². The van der Waals surface area contributed by atoms with Crippen LogP contribution in [0.25, 0.3) is 0 Å². The summed E-state index contributed by atoms with van der Waals surface area (Å²) in [5, 5.41) is 16.6. The number of nitrogens with zero attached hydrogens (tertiary/aromatic N) is 4. The van der Waals surface area contributed by atoms with E-state index in [1.54, 1.807) is 24.3 Å². The van der Waals surface area contributed by atoms with Gasteiger partial charge in [0.05, 0.1) is 22.1 Å². The van der Waals surface area contributed by atoms with Crippen molar-refractivity contribution in [3.05, 3.63) is 63.6 Å². The molecule has 0 fully saturated rings. The topological polar surface area (TPSA) is 115 Å². The van der Waals surface area contributed by atoms with Crippen molar-refractivity contribution >= 4 is 40.4 Å². The minimum absolute atomic E-state index is 0.144. The van der Waals surface area contributed by atoms with E-state index in [1.165, 1.54) is 0 Å². The minimum Gasteiger partial charge on any atom is -0.494 e. The van der Waals surface area contributed by atoms with Crippen molar-refractivity contribution in [3.63, 3.8) is 0 Å². The zero-order valence-corrected chi connectivity index (χ0v) is 16.5. The van der Waals surface area contributed by atoms with Crippen LogP contribution in [0.4, 0.5) is 42.0 Å². The number of halogens is 4. The van der Waals surface area contributed by atoms with Crippen LogP contribution in [0.15, 0.2) is 42.9 Å². The standard InChI is InChI=1S/C18H14ClF3N6O3/c1-2-31-12-5-3-11(4-6-12)26-16-14(28(29)30)17(25-9-24-16)27-15-13(19)7-10(8-23-15)18(20,21)22/h3-9H,2H2,1H3,(H2,23,24,25,26,27).